The molecule has 1 fully saturated rings. The zero-order valence-corrected chi connectivity index (χ0v) is 24.7. The molecule has 8 nitrogen and oxygen atoms in total. The normalized spacial score (nSPS) is 15.9. The smallest absolute Gasteiger partial charge is 0.303 e. The average Bonchev–Trinajstić information content (AvgIpc) is 3.14. The highest BCUT2D eigenvalue weighted by Crippen LogP contribution is 2.46. The van der Waals surface area contributed by atoms with Gasteiger partial charge in [-0.05, 0) is 61.9 Å². The van der Waals surface area contributed by atoms with Crippen LogP contribution in [-0.4, -0.2) is 61.2 Å². The molecular weight excluding hydrogens is 524 g/mol. The van der Waals surface area contributed by atoms with Crippen molar-refractivity contribution in [3.8, 4) is 11.3 Å². The second-order valence-electron chi connectivity index (χ2n) is 11.4. The predicted octanol–water partition coefficient (Wildman–Crippen LogP) is 5.16. The first kappa shape index (κ1) is 28.1. The molecule has 9 heteroatoms. The fourth-order valence-electron chi connectivity index (χ4n) is 5.88. The van der Waals surface area contributed by atoms with E-state index in [1.165, 1.54) is 38.9 Å². The van der Waals surface area contributed by atoms with E-state index >= 15 is 0 Å². The number of carbonyl (C=O) groups excluding carboxylic acids is 2. The van der Waals surface area contributed by atoms with Crippen LogP contribution < -0.4 is 4.72 Å². The molecule has 0 bridgehead atoms. The third-order valence-electron chi connectivity index (χ3n) is 8.33. The van der Waals surface area contributed by atoms with Crippen LogP contribution in [0, 0.1) is 0 Å². The lowest BCUT2D eigenvalue weighted by atomic mass is 9.81. The Hall–Kier alpha value is -3.43. The zero-order chi connectivity index (χ0) is 28.8. The minimum atomic E-state index is -3.94. The molecule has 40 heavy (non-hydrogen) atoms. The highest BCUT2D eigenvalue weighted by Gasteiger charge is 2.31. The molecule has 1 saturated carbocycles. The minimum absolute atomic E-state index is 0.0373. The van der Waals surface area contributed by atoms with Gasteiger partial charge in [-0.15, -0.1) is 0 Å². The van der Waals surface area contributed by atoms with Crippen molar-refractivity contribution in [1.82, 2.24) is 18.5 Å². The Morgan fingerprint density at radius 2 is 1.70 bits per heavy atom. The van der Waals surface area contributed by atoms with Gasteiger partial charge in [0.05, 0.1) is 12.2 Å². The maximum absolute atomic E-state index is 13.7. The standard InChI is InChI=1S/C31H38N4O4S/c1-20(2)34(5)31(37)24-17-22-13-9-10-14-25(22)29-28(21-11-7-6-8-12-21)26-16-15-23(18-27(26)35(29)19-24)30(36)32-40(38,39)33(3)4/h9-10,13-18,20-21H,6-8,11-12,19H2,1-5H3,(H,32,36). The van der Waals surface area contributed by atoms with Crippen molar-refractivity contribution in [3.63, 3.8) is 0 Å². The number of likely N-dealkylation sites (N-methyl/N-ethyl adjacent to an activating group) is 1. The van der Waals surface area contributed by atoms with Crippen molar-refractivity contribution in [1.29, 1.82) is 0 Å². The quantitative estimate of drug-likeness (QED) is 0.450. The van der Waals surface area contributed by atoms with Crippen LogP contribution in [-0.2, 0) is 21.5 Å². The summed E-state index contributed by atoms with van der Waals surface area (Å²) in [5.74, 6) is -0.361. The predicted molar refractivity (Wildman–Crippen MR) is 159 cm³/mol. The Balaban J connectivity index is 1.74. The average molecular weight is 563 g/mol. The van der Waals surface area contributed by atoms with Gasteiger partial charge in [0.2, 0.25) is 0 Å². The van der Waals surface area contributed by atoms with Crippen LogP contribution in [0.1, 0.15) is 73.4 Å². The molecule has 1 aliphatic carbocycles. The van der Waals surface area contributed by atoms with Crippen molar-refractivity contribution < 1.29 is 18.0 Å². The molecule has 2 heterocycles. The Labute approximate surface area is 236 Å². The summed E-state index contributed by atoms with van der Waals surface area (Å²) in [4.78, 5) is 28.5. The Kier molecular flexibility index (Phi) is 7.63. The first-order chi connectivity index (χ1) is 19.0. The molecule has 1 N–H and O–H groups in total. The Morgan fingerprint density at radius 3 is 2.38 bits per heavy atom. The molecule has 1 aliphatic heterocycles. The second kappa shape index (κ2) is 10.9. The van der Waals surface area contributed by atoms with Gasteiger partial charge in [0.25, 0.3) is 11.8 Å². The maximum Gasteiger partial charge on any atom is 0.303 e. The van der Waals surface area contributed by atoms with Crippen LogP contribution in [0.4, 0.5) is 0 Å². The number of amides is 2. The summed E-state index contributed by atoms with van der Waals surface area (Å²) in [6.45, 7) is 4.34. The van der Waals surface area contributed by atoms with Gasteiger partial charge >= 0.3 is 10.2 Å². The molecular formula is C31H38N4O4S. The number of fused-ring (bicyclic) bond motifs is 5. The topological polar surface area (TPSA) is 91.7 Å². The van der Waals surface area contributed by atoms with Crippen LogP contribution in [0.2, 0.25) is 0 Å². The fourth-order valence-corrected chi connectivity index (χ4v) is 6.41. The van der Waals surface area contributed by atoms with Gasteiger partial charge in [0.1, 0.15) is 0 Å². The molecule has 2 amide bonds. The number of benzene rings is 2. The summed E-state index contributed by atoms with van der Waals surface area (Å²) in [5, 5.41) is 1.05. The molecule has 2 aromatic carbocycles. The van der Waals surface area contributed by atoms with Gasteiger partial charge in [-0.3, -0.25) is 9.59 Å². The molecule has 0 spiro atoms. The third kappa shape index (κ3) is 5.08. The van der Waals surface area contributed by atoms with E-state index in [1.54, 1.807) is 17.0 Å². The maximum atomic E-state index is 13.7. The second-order valence-corrected chi connectivity index (χ2v) is 13.3. The molecule has 212 valence electrons. The minimum Gasteiger partial charge on any atom is -0.340 e. The molecule has 3 aromatic rings. The van der Waals surface area contributed by atoms with E-state index in [0.29, 0.717) is 18.0 Å². The Bertz CT molecular complexity index is 1610. The summed E-state index contributed by atoms with van der Waals surface area (Å²) in [6.07, 6.45) is 7.75. The lowest BCUT2D eigenvalue weighted by molar-refractivity contribution is -0.127. The van der Waals surface area contributed by atoms with E-state index < -0.39 is 16.1 Å². The number of carbonyl (C=O) groups is 2. The number of nitrogens with one attached hydrogen (secondary N) is 1. The van der Waals surface area contributed by atoms with Gasteiger partial charge in [0, 0.05) is 54.8 Å². The van der Waals surface area contributed by atoms with Crippen molar-refractivity contribution in [2.24, 2.45) is 0 Å². The van der Waals surface area contributed by atoms with Crippen LogP contribution in [0.15, 0.2) is 48.0 Å². The number of hydrogen-bond acceptors (Lipinski definition) is 4. The number of rotatable bonds is 6. The number of aromatic nitrogens is 1. The summed E-state index contributed by atoms with van der Waals surface area (Å²) in [6, 6.07) is 13.7. The van der Waals surface area contributed by atoms with Gasteiger partial charge in [-0.2, -0.15) is 12.7 Å². The van der Waals surface area contributed by atoms with E-state index in [4.69, 9.17) is 0 Å². The van der Waals surface area contributed by atoms with Gasteiger partial charge in [0.15, 0.2) is 0 Å². The fraction of sp³-hybridized carbons (Fsp3) is 0.419. The summed E-state index contributed by atoms with van der Waals surface area (Å²) < 4.78 is 30.0. The van der Waals surface area contributed by atoms with Gasteiger partial charge in [-0.1, -0.05) is 49.6 Å². The Morgan fingerprint density at radius 1 is 1.00 bits per heavy atom. The lowest BCUT2D eigenvalue weighted by Gasteiger charge is -2.24. The summed E-state index contributed by atoms with van der Waals surface area (Å²) in [5.41, 5.74) is 6.15. The molecule has 2 aliphatic rings. The molecule has 0 radical (unpaired) electrons. The first-order valence-electron chi connectivity index (χ1n) is 14.0. The SMILES string of the molecule is CC(C)N(C)C(=O)C1=Cc2ccccc2-c2c(C3CCCCC3)c3ccc(C(=O)NS(=O)(=O)N(C)C)cc3n2C1. The summed E-state index contributed by atoms with van der Waals surface area (Å²) >= 11 is 0. The summed E-state index contributed by atoms with van der Waals surface area (Å²) in [7, 11) is 0.623. The molecule has 0 atom stereocenters. The number of nitrogens with zero attached hydrogens (tertiary/aromatic N) is 3. The van der Waals surface area contributed by atoms with Crippen LogP contribution in [0.5, 0.6) is 0 Å². The van der Waals surface area contributed by atoms with E-state index in [9.17, 15) is 18.0 Å². The van der Waals surface area contributed by atoms with Crippen molar-refractivity contribution in [2.75, 3.05) is 21.1 Å². The molecule has 1 aromatic heterocycles. The van der Waals surface area contributed by atoms with Crippen LogP contribution >= 0.6 is 0 Å². The lowest BCUT2D eigenvalue weighted by Crippen LogP contribution is -2.39. The van der Waals surface area contributed by atoms with E-state index in [-0.39, 0.29) is 17.5 Å². The van der Waals surface area contributed by atoms with Crippen LogP contribution in [0.25, 0.3) is 28.2 Å². The third-order valence-corrected chi connectivity index (χ3v) is 9.73. The van der Waals surface area contributed by atoms with E-state index in [0.717, 1.165) is 44.9 Å². The van der Waals surface area contributed by atoms with Gasteiger partial charge in [-0.25, -0.2) is 4.72 Å². The molecule has 0 unspecified atom stereocenters. The highest BCUT2D eigenvalue weighted by atomic mass is 32.2. The molecule has 5 rings (SSSR count). The van der Waals surface area contributed by atoms with E-state index in [1.807, 2.05) is 45.2 Å². The monoisotopic (exact) mass is 562 g/mol. The highest BCUT2D eigenvalue weighted by molar-refractivity contribution is 7.87. The number of hydrogen-bond donors (Lipinski definition) is 1. The van der Waals surface area contributed by atoms with Crippen molar-refractivity contribution in [2.45, 2.75) is 64.5 Å². The van der Waals surface area contributed by atoms with Crippen molar-refractivity contribution in [3.05, 3.63) is 64.7 Å². The molecule has 0 saturated heterocycles. The largest absolute Gasteiger partial charge is 0.340 e. The van der Waals surface area contributed by atoms with Crippen LogP contribution in [0.3, 0.4) is 0 Å². The van der Waals surface area contributed by atoms with Crippen molar-refractivity contribution >= 4 is 39.0 Å². The zero-order valence-electron chi connectivity index (χ0n) is 23.9. The first-order valence-corrected chi connectivity index (χ1v) is 15.4. The van der Waals surface area contributed by atoms with Gasteiger partial charge < -0.3 is 9.47 Å². The van der Waals surface area contributed by atoms with E-state index in [2.05, 4.69) is 21.4 Å².